The predicted octanol–water partition coefficient (Wildman–Crippen LogP) is -1.00. The summed E-state index contributed by atoms with van der Waals surface area (Å²) in [7, 11) is -3.19. The fraction of sp³-hybridized carbons (Fsp3) is 0.714. The molecule has 1 atom stereocenters. The van der Waals surface area contributed by atoms with E-state index in [9.17, 15) is 13.5 Å². The number of sulfone groups is 1. The molecule has 0 fully saturated rings. The fourth-order valence-electron chi connectivity index (χ4n) is 0.977. The van der Waals surface area contributed by atoms with Crippen LogP contribution in [0.4, 0.5) is 0 Å². The third-order valence-corrected chi connectivity index (χ3v) is 2.38. The Labute approximate surface area is 87.2 Å². The van der Waals surface area contributed by atoms with E-state index in [1.165, 1.54) is 0 Å². The van der Waals surface area contributed by atoms with E-state index in [4.69, 9.17) is 10.3 Å². The highest BCUT2D eigenvalue weighted by Gasteiger charge is 2.17. The molecule has 8 heteroatoms. The second-order valence-electron chi connectivity index (χ2n) is 3.21. The third-order valence-electron chi connectivity index (χ3n) is 1.60. The minimum absolute atomic E-state index is 0.000833. The van der Waals surface area contributed by atoms with Gasteiger partial charge in [0.2, 0.25) is 0 Å². The summed E-state index contributed by atoms with van der Waals surface area (Å²) >= 11 is 0. The Bertz CT molecular complexity index is 414. The first-order valence-electron chi connectivity index (χ1n) is 4.30. The zero-order valence-electron chi connectivity index (χ0n) is 8.25. The van der Waals surface area contributed by atoms with Gasteiger partial charge in [-0.25, -0.2) is 8.42 Å². The van der Waals surface area contributed by atoms with Gasteiger partial charge >= 0.3 is 0 Å². The van der Waals surface area contributed by atoms with Crippen molar-refractivity contribution in [1.82, 2.24) is 10.1 Å². The summed E-state index contributed by atoms with van der Waals surface area (Å²) in [5.41, 5.74) is 5.23. The van der Waals surface area contributed by atoms with Gasteiger partial charge in [-0.1, -0.05) is 5.16 Å². The van der Waals surface area contributed by atoms with E-state index in [1.54, 1.807) is 0 Å². The second kappa shape index (κ2) is 4.69. The van der Waals surface area contributed by atoms with Crippen LogP contribution in [0.1, 0.15) is 24.2 Å². The van der Waals surface area contributed by atoms with Gasteiger partial charge in [0.05, 0.1) is 0 Å². The number of rotatable bonds is 5. The standard InChI is InChI=1S/C7H13N3O4S/c1-15(12,13)4-6-9-7(14-10-6)5(11)2-3-8/h5,11H,2-4,8H2,1H3/t5-/m0/s1. The molecule has 0 aliphatic carbocycles. The minimum Gasteiger partial charge on any atom is -0.383 e. The van der Waals surface area contributed by atoms with Gasteiger partial charge in [-0.2, -0.15) is 4.98 Å². The monoisotopic (exact) mass is 235 g/mol. The Morgan fingerprint density at radius 3 is 2.80 bits per heavy atom. The van der Waals surface area contributed by atoms with Crippen LogP contribution in [-0.4, -0.2) is 36.5 Å². The zero-order chi connectivity index (χ0) is 11.5. The van der Waals surface area contributed by atoms with Crippen LogP contribution in [0.2, 0.25) is 0 Å². The van der Waals surface area contributed by atoms with Crippen LogP contribution in [0.5, 0.6) is 0 Å². The molecule has 7 nitrogen and oxygen atoms in total. The highest BCUT2D eigenvalue weighted by atomic mass is 32.2. The quantitative estimate of drug-likeness (QED) is 0.671. The number of hydrogen-bond acceptors (Lipinski definition) is 7. The molecule has 1 aromatic heterocycles. The minimum atomic E-state index is -3.19. The summed E-state index contributed by atoms with van der Waals surface area (Å²) in [4.78, 5) is 3.75. The van der Waals surface area contributed by atoms with E-state index >= 15 is 0 Å². The molecule has 1 rings (SSSR count). The fourth-order valence-corrected chi connectivity index (χ4v) is 1.56. The molecule has 0 aliphatic heterocycles. The van der Waals surface area contributed by atoms with E-state index < -0.39 is 15.9 Å². The van der Waals surface area contributed by atoms with Crippen molar-refractivity contribution in [3.8, 4) is 0 Å². The molecular weight excluding hydrogens is 222 g/mol. The second-order valence-corrected chi connectivity index (χ2v) is 5.35. The lowest BCUT2D eigenvalue weighted by Crippen LogP contribution is -2.07. The molecule has 1 aromatic rings. The molecule has 0 aliphatic rings. The third kappa shape index (κ3) is 3.94. The Kier molecular flexibility index (Phi) is 3.77. The van der Waals surface area contributed by atoms with Crippen LogP contribution >= 0.6 is 0 Å². The molecule has 0 aromatic carbocycles. The van der Waals surface area contributed by atoms with E-state index in [-0.39, 0.29) is 24.0 Å². The van der Waals surface area contributed by atoms with Crippen LogP contribution in [0.15, 0.2) is 4.52 Å². The number of aliphatic hydroxyl groups excluding tert-OH is 1. The van der Waals surface area contributed by atoms with Gasteiger partial charge in [0.15, 0.2) is 15.7 Å². The van der Waals surface area contributed by atoms with Gasteiger partial charge in [-0.3, -0.25) is 0 Å². The van der Waals surface area contributed by atoms with Gasteiger partial charge in [-0.05, 0) is 13.0 Å². The highest BCUT2D eigenvalue weighted by molar-refractivity contribution is 7.89. The SMILES string of the molecule is CS(=O)(=O)Cc1noc([C@@H](O)CCN)n1. The Morgan fingerprint density at radius 1 is 1.60 bits per heavy atom. The zero-order valence-corrected chi connectivity index (χ0v) is 9.07. The lowest BCUT2D eigenvalue weighted by atomic mass is 10.2. The van der Waals surface area contributed by atoms with E-state index in [2.05, 4.69) is 10.1 Å². The number of aliphatic hydroxyl groups is 1. The van der Waals surface area contributed by atoms with E-state index in [0.29, 0.717) is 6.42 Å². The van der Waals surface area contributed by atoms with Crippen LogP contribution in [0, 0.1) is 0 Å². The van der Waals surface area contributed by atoms with Crippen molar-refractivity contribution in [2.24, 2.45) is 5.73 Å². The first-order chi connectivity index (χ1) is 6.92. The smallest absolute Gasteiger partial charge is 0.255 e. The summed E-state index contributed by atoms with van der Waals surface area (Å²) in [6, 6.07) is 0. The Hall–Kier alpha value is -0.990. The number of aromatic nitrogens is 2. The van der Waals surface area contributed by atoms with Crippen LogP contribution in [0.25, 0.3) is 0 Å². The predicted molar refractivity (Wildman–Crippen MR) is 51.5 cm³/mol. The van der Waals surface area contributed by atoms with Crippen LogP contribution in [-0.2, 0) is 15.6 Å². The van der Waals surface area contributed by atoms with Crippen molar-refractivity contribution in [2.75, 3.05) is 12.8 Å². The van der Waals surface area contributed by atoms with Gasteiger partial charge < -0.3 is 15.4 Å². The van der Waals surface area contributed by atoms with Crippen LogP contribution in [0.3, 0.4) is 0 Å². The Morgan fingerprint density at radius 2 is 2.27 bits per heavy atom. The van der Waals surface area contributed by atoms with Crippen molar-refractivity contribution < 1.29 is 18.0 Å². The van der Waals surface area contributed by atoms with Gasteiger partial charge in [0, 0.05) is 6.26 Å². The van der Waals surface area contributed by atoms with Gasteiger partial charge in [0.1, 0.15) is 11.9 Å². The Balaban J connectivity index is 2.72. The largest absolute Gasteiger partial charge is 0.383 e. The number of nitrogens with zero attached hydrogens (tertiary/aromatic N) is 2. The molecule has 0 unspecified atom stereocenters. The first-order valence-corrected chi connectivity index (χ1v) is 6.37. The molecule has 0 amide bonds. The number of nitrogens with two attached hydrogens (primary N) is 1. The maximum Gasteiger partial charge on any atom is 0.255 e. The van der Waals surface area contributed by atoms with E-state index in [1.807, 2.05) is 0 Å². The molecule has 1 heterocycles. The molecule has 3 N–H and O–H groups in total. The van der Waals surface area contributed by atoms with Crippen molar-refractivity contribution in [3.63, 3.8) is 0 Å². The van der Waals surface area contributed by atoms with Crippen LogP contribution < -0.4 is 5.73 Å². The molecule has 0 spiro atoms. The first kappa shape index (κ1) is 12.1. The average Bonchev–Trinajstić information content (AvgIpc) is 2.50. The van der Waals surface area contributed by atoms with Gasteiger partial charge in [0.25, 0.3) is 5.89 Å². The normalized spacial score (nSPS) is 14.1. The van der Waals surface area contributed by atoms with Crippen molar-refractivity contribution in [1.29, 1.82) is 0 Å². The van der Waals surface area contributed by atoms with Crippen molar-refractivity contribution in [2.45, 2.75) is 18.3 Å². The average molecular weight is 235 g/mol. The topological polar surface area (TPSA) is 119 Å². The molecule has 0 saturated heterocycles. The summed E-state index contributed by atoms with van der Waals surface area (Å²) in [5.74, 6) is -0.256. The van der Waals surface area contributed by atoms with E-state index in [0.717, 1.165) is 6.26 Å². The highest BCUT2D eigenvalue weighted by Crippen LogP contribution is 2.13. The van der Waals surface area contributed by atoms with Crippen molar-refractivity contribution >= 4 is 9.84 Å². The summed E-state index contributed by atoms with van der Waals surface area (Å²) in [6.07, 6.45) is 0.427. The maximum absolute atomic E-state index is 10.9. The summed E-state index contributed by atoms with van der Waals surface area (Å²) in [5, 5.41) is 12.8. The lowest BCUT2D eigenvalue weighted by Gasteiger charge is -2.00. The molecule has 86 valence electrons. The molecule has 0 radical (unpaired) electrons. The molecule has 0 bridgehead atoms. The lowest BCUT2D eigenvalue weighted by molar-refractivity contribution is 0.127. The molecular formula is C7H13N3O4S. The van der Waals surface area contributed by atoms with Crippen molar-refractivity contribution in [3.05, 3.63) is 11.7 Å². The van der Waals surface area contributed by atoms with Gasteiger partial charge in [-0.15, -0.1) is 0 Å². The molecule has 0 saturated carbocycles. The maximum atomic E-state index is 10.9. The molecule has 15 heavy (non-hydrogen) atoms. The number of hydrogen-bond donors (Lipinski definition) is 2. The summed E-state index contributed by atoms with van der Waals surface area (Å²) < 4.78 is 26.5. The summed E-state index contributed by atoms with van der Waals surface area (Å²) in [6.45, 7) is 0.283.